The Morgan fingerprint density at radius 1 is 0.968 bits per heavy atom. The number of phenolic OH excluding ortho intramolecular Hbond substituents is 1. The van der Waals surface area contributed by atoms with Crippen molar-refractivity contribution in [2.24, 2.45) is 5.92 Å². The van der Waals surface area contributed by atoms with Crippen molar-refractivity contribution in [3.05, 3.63) is 88.0 Å². The van der Waals surface area contributed by atoms with Crippen molar-refractivity contribution in [3.8, 4) is 17.2 Å². The highest BCUT2D eigenvalue weighted by atomic mass is 16.5. The van der Waals surface area contributed by atoms with Gasteiger partial charge in [-0.25, -0.2) is 0 Å². The SMILES string of the molecule is COc1cc2c(cc1OC)[C@@H](C(=O)c1ccccc1)[C@@H]1Cc3c(O)ccc(C)c3[C@H]2C1. The average molecular weight is 415 g/mol. The molecule has 0 radical (unpaired) electrons. The predicted octanol–water partition coefficient (Wildman–Crippen LogP) is 5.39. The highest BCUT2D eigenvalue weighted by molar-refractivity contribution is 6.02. The summed E-state index contributed by atoms with van der Waals surface area (Å²) in [5.41, 5.74) is 6.16. The molecule has 0 amide bonds. The number of phenols is 1. The first-order valence-electron chi connectivity index (χ1n) is 10.7. The number of carbonyl (C=O) groups excluding carboxylic acids is 1. The number of hydrogen-bond donors (Lipinski definition) is 1. The predicted molar refractivity (Wildman–Crippen MR) is 120 cm³/mol. The lowest BCUT2D eigenvalue weighted by molar-refractivity contribution is 0.0912. The molecule has 3 aromatic carbocycles. The van der Waals surface area contributed by atoms with Crippen LogP contribution in [0.25, 0.3) is 0 Å². The van der Waals surface area contributed by atoms with Crippen LogP contribution in [-0.2, 0) is 6.42 Å². The van der Waals surface area contributed by atoms with Crippen LogP contribution in [0.3, 0.4) is 0 Å². The molecule has 0 saturated carbocycles. The minimum Gasteiger partial charge on any atom is -0.508 e. The molecule has 0 saturated heterocycles. The molecule has 4 heteroatoms. The molecule has 1 N–H and O–H groups in total. The largest absolute Gasteiger partial charge is 0.508 e. The van der Waals surface area contributed by atoms with Gasteiger partial charge in [-0.05, 0) is 71.7 Å². The number of benzene rings is 3. The second kappa shape index (κ2) is 7.45. The zero-order valence-electron chi connectivity index (χ0n) is 18.0. The van der Waals surface area contributed by atoms with Gasteiger partial charge in [0.15, 0.2) is 17.3 Å². The third-order valence-corrected chi connectivity index (χ3v) is 7.02. The van der Waals surface area contributed by atoms with E-state index in [9.17, 15) is 9.90 Å². The van der Waals surface area contributed by atoms with Gasteiger partial charge in [0.05, 0.1) is 20.1 Å². The van der Waals surface area contributed by atoms with E-state index >= 15 is 0 Å². The fraction of sp³-hybridized carbons (Fsp3) is 0.296. The molecule has 0 aliphatic heterocycles. The summed E-state index contributed by atoms with van der Waals surface area (Å²) in [6.45, 7) is 2.10. The fourth-order valence-electron chi connectivity index (χ4n) is 5.65. The Bertz CT molecular complexity index is 1170. The number of aromatic hydroxyl groups is 1. The molecule has 158 valence electrons. The Balaban J connectivity index is 1.75. The van der Waals surface area contributed by atoms with Crippen LogP contribution in [0.15, 0.2) is 54.6 Å². The van der Waals surface area contributed by atoms with Gasteiger partial charge in [-0.15, -0.1) is 0 Å². The van der Waals surface area contributed by atoms with E-state index in [1.165, 1.54) is 11.1 Å². The van der Waals surface area contributed by atoms with Gasteiger partial charge >= 0.3 is 0 Å². The number of fused-ring (bicyclic) bond motifs is 6. The lowest BCUT2D eigenvalue weighted by Gasteiger charge is -2.43. The molecular formula is C27H26O4. The van der Waals surface area contributed by atoms with E-state index in [1.54, 1.807) is 20.3 Å². The summed E-state index contributed by atoms with van der Waals surface area (Å²) in [5.74, 6) is 1.69. The smallest absolute Gasteiger partial charge is 0.170 e. The van der Waals surface area contributed by atoms with Crippen molar-refractivity contribution >= 4 is 5.78 Å². The average Bonchev–Trinajstić information content (AvgIpc) is 2.81. The first-order chi connectivity index (χ1) is 15.0. The van der Waals surface area contributed by atoms with Gasteiger partial charge in [0.25, 0.3) is 0 Å². The van der Waals surface area contributed by atoms with Crippen LogP contribution >= 0.6 is 0 Å². The highest BCUT2D eigenvalue weighted by Gasteiger charge is 2.45. The summed E-state index contributed by atoms with van der Waals surface area (Å²) in [6, 6.07) is 17.3. The Hall–Kier alpha value is -3.27. The van der Waals surface area contributed by atoms with Crippen molar-refractivity contribution in [3.63, 3.8) is 0 Å². The number of Topliss-reactive ketones (excluding diaryl/α,β-unsaturated/α-hetero) is 1. The second-order valence-electron chi connectivity index (χ2n) is 8.59. The number of carbonyl (C=O) groups is 1. The van der Waals surface area contributed by atoms with E-state index < -0.39 is 0 Å². The topological polar surface area (TPSA) is 55.8 Å². The molecule has 2 aliphatic rings. The van der Waals surface area contributed by atoms with Crippen molar-refractivity contribution in [2.75, 3.05) is 14.2 Å². The van der Waals surface area contributed by atoms with E-state index in [-0.39, 0.29) is 23.5 Å². The van der Waals surface area contributed by atoms with Crippen LogP contribution in [-0.4, -0.2) is 25.1 Å². The molecule has 0 heterocycles. The minimum atomic E-state index is -0.290. The number of methoxy groups -OCH3 is 2. The third-order valence-electron chi connectivity index (χ3n) is 7.02. The van der Waals surface area contributed by atoms with Crippen molar-refractivity contribution in [1.29, 1.82) is 0 Å². The number of hydrogen-bond acceptors (Lipinski definition) is 4. The summed E-state index contributed by atoms with van der Waals surface area (Å²) < 4.78 is 11.2. The van der Waals surface area contributed by atoms with Gasteiger partial charge in [0.2, 0.25) is 0 Å². The van der Waals surface area contributed by atoms with Crippen LogP contribution in [0.4, 0.5) is 0 Å². The van der Waals surface area contributed by atoms with E-state index in [0.29, 0.717) is 29.2 Å². The molecule has 31 heavy (non-hydrogen) atoms. The molecule has 0 spiro atoms. The molecule has 0 fully saturated rings. The monoisotopic (exact) mass is 414 g/mol. The summed E-state index contributed by atoms with van der Waals surface area (Å²) in [5, 5.41) is 10.7. The quantitative estimate of drug-likeness (QED) is 0.582. The van der Waals surface area contributed by atoms with E-state index in [4.69, 9.17) is 9.47 Å². The van der Waals surface area contributed by atoms with Gasteiger partial charge in [0, 0.05) is 11.5 Å². The standard InChI is InChI=1S/C27H26O4/c1-15-9-10-22(28)21-12-17-11-19(25(15)21)18-13-23(30-2)24(31-3)14-20(18)26(17)27(29)16-7-5-4-6-8-16/h4-10,13-14,17,19,26,28H,11-12H2,1-3H3/t17-,19-,26-/m0/s1. The number of rotatable bonds is 4. The summed E-state index contributed by atoms with van der Waals surface area (Å²) in [7, 11) is 3.26. The first-order valence-corrected chi connectivity index (χ1v) is 10.7. The van der Waals surface area contributed by atoms with E-state index in [0.717, 1.165) is 23.1 Å². The Morgan fingerprint density at radius 2 is 1.65 bits per heavy atom. The van der Waals surface area contributed by atoms with E-state index in [2.05, 4.69) is 6.92 Å². The van der Waals surface area contributed by atoms with Crippen LogP contribution < -0.4 is 9.47 Å². The maximum atomic E-state index is 13.7. The Kier molecular flexibility index (Phi) is 4.73. The maximum Gasteiger partial charge on any atom is 0.170 e. The Morgan fingerprint density at radius 3 is 2.32 bits per heavy atom. The van der Waals surface area contributed by atoms with Crippen LogP contribution in [0, 0.1) is 12.8 Å². The molecule has 3 atom stereocenters. The maximum absolute atomic E-state index is 13.7. The van der Waals surface area contributed by atoms with Crippen molar-refractivity contribution in [2.45, 2.75) is 31.6 Å². The zero-order valence-corrected chi connectivity index (χ0v) is 18.0. The van der Waals surface area contributed by atoms with E-state index in [1.807, 2.05) is 48.5 Å². The number of ether oxygens (including phenoxy) is 2. The molecule has 0 unspecified atom stereocenters. The molecule has 5 rings (SSSR count). The molecule has 0 aromatic heterocycles. The van der Waals surface area contributed by atoms with Gasteiger partial charge in [-0.1, -0.05) is 36.4 Å². The number of aryl methyl sites for hydroxylation is 1. The first kappa shape index (κ1) is 19.7. The normalized spacial score (nSPS) is 21.1. The summed E-state index contributed by atoms with van der Waals surface area (Å²) in [6.07, 6.45) is 1.57. The molecule has 4 nitrogen and oxygen atoms in total. The van der Waals surface area contributed by atoms with Crippen molar-refractivity contribution in [1.82, 2.24) is 0 Å². The number of ketones is 1. The fourth-order valence-corrected chi connectivity index (χ4v) is 5.65. The Labute approximate surface area is 182 Å². The van der Waals surface area contributed by atoms with Crippen LogP contribution in [0.2, 0.25) is 0 Å². The summed E-state index contributed by atoms with van der Waals surface area (Å²) >= 11 is 0. The van der Waals surface area contributed by atoms with Gasteiger partial charge in [-0.3, -0.25) is 4.79 Å². The summed E-state index contributed by atoms with van der Waals surface area (Å²) in [4.78, 5) is 13.7. The molecule has 2 aliphatic carbocycles. The molecule has 2 bridgehead atoms. The minimum absolute atomic E-state index is 0.114. The highest BCUT2D eigenvalue weighted by Crippen LogP contribution is 2.55. The van der Waals surface area contributed by atoms with Gasteiger partial charge in [-0.2, -0.15) is 0 Å². The second-order valence-corrected chi connectivity index (χ2v) is 8.59. The van der Waals surface area contributed by atoms with Crippen LogP contribution in [0.1, 0.15) is 56.4 Å². The zero-order chi connectivity index (χ0) is 21.7. The van der Waals surface area contributed by atoms with Gasteiger partial charge < -0.3 is 14.6 Å². The lowest BCUT2D eigenvalue weighted by Crippen LogP contribution is -2.35. The van der Waals surface area contributed by atoms with Crippen molar-refractivity contribution < 1.29 is 19.4 Å². The lowest BCUT2D eigenvalue weighted by atomic mass is 9.60. The molecule has 3 aromatic rings. The van der Waals surface area contributed by atoms with Gasteiger partial charge in [0.1, 0.15) is 5.75 Å². The molecular weight excluding hydrogens is 388 g/mol. The third kappa shape index (κ3) is 3.01. The van der Waals surface area contributed by atoms with Crippen LogP contribution in [0.5, 0.6) is 17.2 Å².